The van der Waals surface area contributed by atoms with Crippen LogP contribution in [-0.2, 0) is 17.6 Å². The molecule has 1 N–H and O–H groups in total. The molecule has 0 atom stereocenters. The summed E-state index contributed by atoms with van der Waals surface area (Å²) in [5, 5.41) is 5.92. The summed E-state index contributed by atoms with van der Waals surface area (Å²) < 4.78 is 26.3. The van der Waals surface area contributed by atoms with Gasteiger partial charge in [-0.3, -0.25) is 4.79 Å². The number of nitrogens with one attached hydrogen (secondary N) is 1. The molecule has 29 heavy (non-hydrogen) atoms. The van der Waals surface area contributed by atoms with E-state index in [1.165, 1.54) is 33.7 Å². The highest BCUT2D eigenvalue weighted by Gasteiger charge is 2.14. The van der Waals surface area contributed by atoms with E-state index in [0.717, 1.165) is 27.7 Å². The molecule has 0 saturated carbocycles. The average molecular weight is 408 g/mol. The molecule has 0 aliphatic rings. The Hall–Kier alpha value is -3.12. The van der Waals surface area contributed by atoms with E-state index in [0.29, 0.717) is 6.42 Å². The van der Waals surface area contributed by atoms with Crippen LogP contribution in [0.25, 0.3) is 10.8 Å². The normalized spacial score (nSPS) is 11.0. The lowest BCUT2D eigenvalue weighted by atomic mass is 10.0. The largest absolute Gasteiger partial charge is 0.326 e. The minimum atomic E-state index is -0.992. The quantitative estimate of drug-likeness (QED) is 0.463. The van der Waals surface area contributed by atoms with E-state index in [-0.39, 0.29) is 18.0 Å². The van der Waals surface area contributed by atoms with Gasteiger partial charge in [-0.2, -0.15) is 0 Å². The second-order valence-corrected chi connectivity index (χ2v) is 7.95. The number of thiazole rings is 1. The number of carbonyl (C=O) groups is 1. The number of nitrogens with zero attached hydrogens (tertiary/aromatic N) is 1. The second-order valence-electron chi connectivity index (χ2n) is 6.79. The van der Waals surface area contributed by atoms with E-state index in [1.54, 1.807) is 0 Å². The van der Waals surface area contributed by atoms with Crippen LogP contribution >= 0.6 is 11.3 Å². The lowest BCUT2D eigenvalue weighted by Gasteiger charge is -2.05. The molecule has 0 bridgehead atoms. The zero-order valence-electron chi connectivity index (χ0n) is 15.7. The van der Waals surface area contributed by atoms with Gasteiger partial charge >= 0.3 is 0 Å². The molecular formula is C23H18F2N2OS. The Morgan fingerprint density at radius 2 is 1.83 bits per heavy atom. The topological polar surface area (TPSA) is 42.0 Å². The van der Waals surface area contributed by atoms with Gasteiger partial charge in [-0.05, 0) is 35.4 Å². The first-order valence-corrected chi connectivity index (χ1v) is 9.98. The number of benzene rings is 3. The van der Waals surface area contributed by atoms with E-state index in [4.69, 9.17) is 0 Å². The Morgan fingerprint density at radius 3 is 2.66 bits per heavy atom. The number of rotatable bonds is 5. The SMILES string of the molecule is Cc1nc(Cc2cccc3ccccc23)sc1CC(=O)Nc1ccc(F)c(F)c1. The van der Waals surface area contributed by atoms with Crippen molar-refractivity contribution in [1.82, 2.24) is 4.98 Å². The van der Waals surface area contributed by atoms with Crippen molar-refractivity contribution in [2.75, 3.05) is 5.32 Å². The number of hydrogen-bond donors (Lipinski definition) is 1. The number of halogens is 2. The van der Waals surface area contributed by atoms with Crippen molar-refractivity contribution in [3.8, 4) is 0 Å². The van der Waals surface area contributed by atoms with E-state index >= 15 is 0 Å². The molecule has 1 aromatic heterocycles. The third kappa shape index (κ3) is 4.32. The van der Waals surface area contributed by atoms with Crippen LogP contribution < -0.4 is 5.32 Å². The number of anilines is 1. The van der Waals surface area contributed by atoms with Crippen LogP contribution in [0.5, 0.6) is 0 Å². The van der Waals surface area contributed by atoms with Gasteiger partial charge in [0.15, 0.2) is 11.6 Å². The van der Waals surface area contributed by atoms with E-state index in [1.807, 2.05) is 25.1 Å². The van der Waals surface area contributed by atoms with Gasteiger partial charge in [0.25, 0.3) is 0 Å². The van der Waals surface area contributed by atoms with Crippen molar-refractivity contribution in [1.29, 1.82) is 0 Å². The fourth-order valence-electron chi connectivity index (χ4n) is 3.26. The monoisotopic (exact) mass is 408 g/mol. The van der Waals surface area contributed by atoms with E-state index < -0.39 is 11.6 Å². The van der Waals surface area contributed by atoms with Gasteiger partial charge in [0.1, 0.15) is 0 Å². The van der Waals surface area contributed by atoms with Crippen LogP contribution in [0.15, 0.2) is 60.7 Å². The molecule has 0 fully saturated rings. The average Bonchev–Trinajstić information content (AvgIpc) is 3.04. The molecule has 0 unspecified atom stereocenters. The molecule has 6 heteroatoms. The van der Waals surface area contributed by atoms with Crippen molar-refractivity contribution in [3.63, 3.8) is 0 Å². The number of fused-ring (bicyclic) bond motifs is 1. The van der Waals surface area contributed by atoms with Crippen LogP contribution in [0.3, 0.4) is 0 Å². The Balaban J connectivity index is 1.49. The van der Waals surface area contributed by atoms with Gasteiger partial charge in [-0.25, -0.2) is 13.8 Å². The van der Waals surface area contributed by atoms with Crippen molar-refractivity contribution >= 4 is 33.7 Å². The molecule has 1 amide bonds. The number of carbonyl (C=O) groups excluding carboxylic acids is 1. The summed E-state index contributed by atoms with van der Waals surface area (Å²) in [5.41, 5.74) is 2.23. The standard InChI is InChI=1S/C23H18F2N2OS/c1-14-21(13-22(28)27-17-9-10-19(24)20(25)12-17)29-23(26-14)11-16-7-4-6-15-5-2-3-8-18(15)16/h2-10,12H,11,13H2,1H3,(H,27,28). The number of amides is 1. The highest BCUT2D eigenvalue weighted by molar-refractivity contribution is 7.11. The van der Waals surface area contributed by atoms with Gasteiger partial charge < -0.3 is 5.32 Å². The third-order valence-corrected chi connectivity index (χ3v) is 5.84. The molecule has 0 saturated heterocycles. The number of aryl methyl sites for hydroxylation is 1. The van der Waals surface area contributed by atoms with Crippen LogP contribution in [0.2, 0.25) is 0 Å². The molecule has 3 nitrogen and oxygen atoms in total. The summed E-state index contributed by atoms with van der Waals surface area (Å²) in [6.45, 7) is 1.88. The highest BCUT2D eigenvalue weighted by atomic mass is 32.1. The Kier molecular flexibility index (Phi) is 5.36. The van der Waals surface area contributed by atoms with Gasteiger partial charge in [-0.15, -0.1) is 11.3 Å². The summed E-state index contributed by atoms with van der Waals surface area (Å²) in [4.78, 5) is 17.8. The van der Waals surface area contributed by atoms with Crippen molar-refractivity contribution in [2.45, 2.75) is 19.8 Å². The first kappa shape index (κ1) is 19.2. The number of hydrogen-bond acceptors (Lipinski definition) is 3. The smallest absolute Gasteiger partial charge is 0.229 e. The van der Waals surface area contributed by atoms with Crippen molar-refractivity contribution in [2.24, 2.45) is 0 Å². The Labute approximate surface area is 171 Å². The minimum Gasteiger partial charge on any atom is -0.326 e. The third-order valence-electron chi connectivity index (χ3n) is 4.68. The van der Waals surface area contributed by atoms with E-state index in [9.17, 15) is 13.6 Å². The predicted molar refractivity (Wildman–Crippen MR) is 112 cm³/mol. The fourth-order valence-corrected chi connectivity index (χ4v) is 4.35. The molecule has 4 aromatic rings. The first-order valence-electron chi connectivity index (χ1n) is 9.16. The summed E-state index contributed by atoms with van der Waals surface area (Å²) in [5.74, 6) is -2.23. The van der Waals surface area contributed by atoms with Crippen LogP contribution in [0.4, 0.5) is 14.5 Å². The maximum Gasteiger partial charge on any atom is 0.229 e. The zero-order chi connectivity index (χ0) is 20.4. The molecule has 146 valence electrons. The number of aromatic nitrogens is 1. The summed E-state index contributed by atoms with van der Waals surface area (Å²) in [6.07, 6.45) is 0.829. The van der Waals surface area contributed by atoms with Crippen molar-refractivity contribution < 1.29 is 13.6 Å². The lowest BCUT2D eigenvalue weighted by Crippen LogP contribution is -2.14. The van der Waals surface area contributed by atoms with Crippen LogP contribution in [0, 0.1) is 18.6 Å². The highest BCUT2D eigenvalue weighted by Crippen LogP contribution is 2.26. The van der Waals surface area contributed by atoms with Crippen LogP contribution in [-0.4, -0.2) is 10.9 Å². The molecule has 3 aromatic carbocycles. The van der Waals surface area contributed by atoms with Gasteiger partial charge in [-0.1, -0.05) is 42.5 Å². The van der Waals surface area contributed by atoms with Gasteiger partial charge in [0.2, 0.25) is 5.91 Å². The van der Waals surface area contributed by atoms with Gasteiger partial charge in [0.05, 0.1) is 17.1 Å². The van der Waals surface area contributed by atoms with Crippen molar-refractivity contribution in [3.05, 3.63) is 93.4 Å². The molecule has 0 aliphatic carbocycles. The summed E-state index contributed by atoms with van der Waals surface area (Å²) >= 11 is 1.50. The first-order chi connectivity index (χ1) is 14.0. The van der Waals surface area contributed by atoms with Gasteiger partial charge in [0, 0.05) is 23.1 Å². The second kappa shape index (κ2) is 8.09. The molecule has 0 aliphatic heterocycles. The molecule has 4 rings (SSSR count). The molecule has 1 heterocycles. The maximum absolute atomic E-state index is 13.3. The fraction of sp³-hybridized carbons (Fsp3) is 0.130. The predicted octanol–water partition coefficient (Wildman–Crippen LogP) is 5.65. The minimum absolute atomic E-state index is 0.137. The maximum atomic E-state index is 13.3. The molecular weight excluding hydrogens is 390 g/mol. The zero-order valence-corrected chi connectivity index (χ0v) is 16.5. The summed E-state index contributed by atoms with van der Waals surface area (Å²) in [7, 11) is 0. The molecule has 0 radical (unpaired) electrons. The van der Waals surface area contributed by atoms with E-state index in [2.05, 4.69) is 34.6 Å². The summed E-state index contributed by atoms with van der Waals surface area (Å²) in [6, 6.07) is 17.7. The molecule has 0 spiro atoms. The van der Waals surface area contributed by atoms with Crippen LogP contribution in [0.1, 0.15) is 21.1 Å². The Morgan fingerprint density at radius 1 is 1.03 bits per heavy atom. The lowest BCUT2D eigenvalue weighted by molar-refractivity contribution is -0.115. The Bertz CT molecular complexity index is 1200.